The van der Waals surface area contributed by atoms with Gasteiger partial charge in [-0.15, -0.1) is 0 Å². The molecular weight excluding hydrogens is 264 g/mol. The van der Waals surface area contributed by atoms with Crippen molar-refractivity contribution in [1.29, 1.82) is 0 Å². The molecule has 0 radical (unpaired) electrons. The van der Waals surface area contributed by atoms with Crippen LogP contribution in [0, 0.1) is 13.8 Å². The molecule has 0 aliphatic rings. The van der Waals surface area contributed by atoms with Crippen LogP contribution in [0.15, 0.2) is 18.2 Å². The molecule has 0 saturated heterocycles. The van der Waals surface area contributed by atoms with Crippen LogP contribution in [0.5, 0.6) is 0 Å². The number of H-pyrrole nitrogens is 1. The van der Waals surface area contributed by atoms with Crippen LogP contribution in [0.2, 0.25) is 0 Å². The van der Waals surface area contributed by atoms with Crippen molar-refractivity contribution in [3.8, 4) is 0 Å². The van der Waals surface area contributed by atoms with Gasteiger partial charge in [-0.2, -0.15) is 0 Å². The Morgan fingerprint density at radius 3 is 2.38 bits per heavy atom. The summed E-state index contributed by atoms with van der Waals surface area (Å²) in [4.78, 5) is 15.7. The fraction of sp³-hybridized carbons (Fsp3) is 0.471. The zero-order valence-electron chi connectivity index (χ0n) is 13.6. The highest BCUT2D eigenvalue weighted by atomic mass is 16.3. The normalized spacial score (nSPS) is 12.7. The summed E-state index contributed by atoms with van der Waals surface area (Å²) in [5, 5.41) is 14.1. The Labute approximate surface area is 125 Å². The van der Waals surface area contributed by atoms with Crippen molar-refractivity contribution in [2.75, 3.05) is 0 Å². The predicted octanol–water partition coefficient (Wildman–Crippen LogP) is 3.06. The zero-order valence-corrected chi connectivity index (χ0v) is 13.6. The predicted molar refractivity (Wildman–Crippen MR) is 85.6 cm³/mol. The third-order valence-corrected chi connectivity index (χ3v) is 4.53. The molecule has 114 valence electrons. The highest BCUT2D eigenvalue weighted by Crippen LogP contribution is 2.24. The minimum Gasteiger partial charge on any atom is -0.388 e. The van der Waals surface area contributed by atoms with Crippen molar-refractivity contribution in [3.63, 3.8) is 0 Å². The van der Waals surface area contributed by atoms with E-state index < -0.39 is 11.1 Å². The number of carbonyl (C=O) groups is 1. The maximum Gasteiger partial charge on any atom is 0.251 e. The summed E-state index contributed by atoms with van der Waals surface area (Å²) in [6.45, 7) is 11.1. The van der Waals surface area contributed by atoms with Crippen LogP contribution in [0.1, 0.15) is 49.3 Å². The standard InChI is InChI=1S/C17H24N2O2/c1-10-11(2)18-14-8-7-12(9-13(10)14)15(20)19-16(3,4)17(5,6)21/h7-9,18,21H,1-6H3,(H,19,20). The number of aromatic amines is 1. The van der Waals surface area contributed by atoms with Crippen molar-refractivity contribution in [2.45, 2.75) is 52.7 Å². The Morgan fingerprint density at radius 1 is 1.19 bits per heavy atom. The van der Waals surface area contributed by atoms with Gasteiger partial charge in [-0.3, -0.25) is 4.79 Å². The zero-order chi connectivity index (χ0) is 16.0. The minimum absolute atomic E-state index is 0.178. The summed E-state index contributed by atoms with van der Waals surface area (Å²) in [5.74, 6) is -0.178. The van der Waals surface area contributed by atoms with Crippen LogP contribution in [-0.2, 0) is 0 Å². The smallest absolute Gasteiger partial charge is 0.251 e. The van der Waals surface area contributed by atoms with E-state index in [1.54, 1.807) is 19.9 Å². The van der Waals surface area contributed by atoms with Crippen LogP contribution >= 0.6 is 0 Å². The molecule has 4 heteroatoms. The number of fused-ring (bicyclic) bond motifs is 1. The maximum absolute atomic E-state index is 12.4. The van der Waals surface area contributed by atoms with Gasteiger partial charge in [0.1, 0.15) is 0 Å². The highest BCUT2D eigenvalue weighted by molar-refractivity contribution is 5.99. The average Bonchev–Trinajstić information content (AvgIpc) is 2.63. The Kier molecular flexibility index (Phi) is 3.62. The first-order valence-electron chi connectivity index (χ1n) is 7.17. The molecule has 4 nitrogen and oxygen atoms in total. The van der Waals surface area contributed by atoms with Crippen molar-refractivity contribution in [2.24, 2.45) is 0 Å². The quantitative estimate of drug-likeness (QED) is 0.812. The third-order valence-electron chi connectivity index (χ3n) is 4.53. The minimum atomic E-state index is -1.01. The Morgan fingerprint density at radius 2 is 1.81 bits per heavy atom. The van der Waals surface area contributed by atoms with E-state index in [-0.39, 0.29) is 5.91 Å². The number of rotatable bonds is 3. The molecule has 1 heterocycles. The summed E-state index contributed by atoms with van der Waals surface area (Å²) in [6, 6.07) is 5.61. The molecule has 1 aromatic heterocycles. The van der Waals surface area contributed by atoms with Crippen LogP contribution in [0.25, 0.3) is 10.9 Å². The molecule has 1 amide bonds. The van der Waals surface area contributed by atoms with E-state index >= 15 is 0 Å². The monoisotopic (exact) mass is 288 g/mol. The molecule has 0 spiro atoms. The van der Waals surface area contributed by atoms with Crippen LogP contribution < -0.4 is 5.32 Å². The molecule has 0 fully saturated rings. The van der Waals surface area contributed by atoms with Crippen LogP contribution in [0.4, 0.5) is 0 Å². The number of nitrogens with one attached hydrogen (secondary N) is 2. The Bertz CT molecular complexity index is 691. The lowest BCUT2D eigenvalue weighted by Gasteiger charge is -2.38. The summed E-state index contributed by atoms with van der Waals surface area (Å²) >= 11 is 0. The SMILES string of the molecule is Cc1[nH]c2ccc(C(=O)NC(C)(C)C(C)(C)O)cc2c1C. The fourth-order valence-corrected chi connectivity index (χ4v) is 2.11. The third kappa shape index (κ3) is 2.81. The first-order valence-corrected chi connectivity index (χ1v) is 7.17. The summed E-state index contributed by atoms with van der Waals surface area (Å²) in [7, 11) is 0. The molecule has 21 heavy (non-hydrogen) atoms. The van der Waals surface area contributed by atoms with Gasteiger partial charge in [-0.25, -0.2) is 0 Å². The number of benzene rings is 1. The lowest BCUT2D eigenvalue weighted by atomic mass is 9.85. The van der Waals surface area contributed by atoms with Crippen molar-refractivity contribution < 1.29 is 9.90 Å². The van der Waals surface area contributed by atoms with Gasteiger partial charge in [0.25, 0.3) is 5.91 Å². The average molecular weight is 288 g/mol. The van der Waals surface area contributed by atoms with E-state index in [1.807, 2.05) is 39.8 Å². The molecule has 0 unspecified atom stereocenters. The molecule has 0 aliphatic carbocycles. The van der Waals surface area contributed by atoms with Gasteiger partial charge in [-0.1, -0.05) is 0 Å². The van der Waals surface area contributed by atoms with Gasteiger partial charge in [0.2, 0.25) is 0 Å². The van der Waals surface area contributed by atoms with E-state index in [0.717, 1.165) is 22.2 Å². The van der Waals surface area contributed by atoms with Crippen molar-refractivity contribution in [1.82, 2.24) is 10.3 Å². The maximum atomic E-state index is 12.4. The van der Waals surface area contributed by atoms with Gasteiger partial charge in [0.15, 0.2) is 0 Å². The lowest BCUT2D eigenvalue weighted by molar-refractivity contribution is -0.00292. The van der Waals surface area contributed by atoms with Gasteiger partial charge in [0.05, 0.1) is 11.1 Å². The van der Waals surface area contributed by atoms with Gasteiger partial charge in [0, 0.05) is 22.2 Å². The topological polar surface area (TPSA) is 65.1 Å². The molecule has 2 rings (SSSR count). The molecular formula is C17H24N2O2. The van der Waals surface area contributed by atoms with Crippen LogP contribution in [-0.4, -0.2) is 27.1 Å². The number of amides is 1. The molecule has 0 bridgehead atoms. The lowest BCUT2D eigenvalue weighted by Crippen LogP contribution is -2.57. The molecule has 0 atom stereocenters. The number of aromatic nitrogens is 1. The van der Waals surface area contributed by atoms with Gasteiger partial charge in [-0.05, 0) is 65.3 Å². The number of hydrogen-bond donors (Lipinski definition) is 3. The first kappa shape index (κ1) is 15.6. The largest absolute Gasteiger partial charge is 0.388 e. The van der Waals surface area contributed by atoms with Crippen molar-refractivity contribution >= 4 is 16.8 Å². The molecule has 0 saturated carbocycles. The highest BCUT2D eigenvalue weighted by Gasteiger charge is 2.36. The van der Waals surface area contributed by atoms with E-state index in [1.165, 1.54) is 0 Å². The van der Waals surface area contributed by atoms with Crippen molar-refractivity contribution in [3.05, 3.63) is 35.0 Å². The Hall–Kier alpha value is -1.81. The molecule has 1 aromatic carbocycles. The van der Waals surface area contributed by atoms with Gasteiger partial charge < -0.3 is 15.4 Å². The fourth-order valence-electron chi connectivity index (χ4n) is 2.11. The van der Waals surface area contributed by atoms with E-state index in [9.17, 15) is 9.90 Å². The molecule has 3 N–H and O–H groups in total. The molecule has 0 aliphatic heterocycles. The van der Waals surface area contributed by atoms with Crippen LogP contribution in [0.3, 0.4) is 0 Å². The number of aliphatic hydroxyl groups is 1. The number of aryl methyl sites for hydroxylation is 2. The summed E-state index contributed by atoms with van der Waals surface area (Å²) < 4.78 is 0. The summed E-state index contributed by atoms with van der Waals surface area (Å²) in [5.41, 5.74) is 2.17. The second kappa shape index (κ2) is 4.88. The Balaban J connectivity index is 2.34. The number of hydrogen-bond acceptors (Lipinski definition) is 2. The first-order chi connectivity index (χ1) is 9.53. The second-order valence-corrected chi connectivity index (χ2v) is 6.77. The van der Waals surface area contributed by atoms with E-state index in [2.05, 4.69) is 10.3 Å². The molecule has 2 aromatic rings. The van der Waals surface area contributed by atoms with Gasteiger partial charge >= 0.3 is 0 Å². The van der Waals surface area contributed by atoms with E-state index in [4.69, 9.17) is 0 Å². The number of carbonyl (C=O) groups excluding carboxylic acids is 1. The summed E-state index contributed by atoms with van der Waals surface area (Å²) in [6.07, 6.45) is 0. The second-order valence-electron chi connectivity index (χ2n) is 6.77. The van der Waals surface area contributed by atoms with E-state index in [0.29, 0.717) is 5.56 Å².